The molecule has 0 saturated carbocycles. The minimum absolute atomic E-state index is 0.0258. The van der Waals surface area contributed by atoms with E-state index in [0.717, 1.165) is 18.4 Å². The summed E-state index contributed by atoms with van der Waals surface area (Å²) in [6.07, 6.45) is 1.44. The lowest BCUT2D eigenvalue weighted by atomic mass is 10.1. The lowest BCUT2D eigenvalue weighted by Gasteiger charge is -2.17. The molecule has 0 aliphatic carbocycles. The zero-order valence-electron chi connectivity index (χ0n) is 11.4. The van der Waals surface area contributed by atoms with Gasteiger partial charge >= 0.3 is 0 Å². The normalized spacial score (nSPS) is 12.2. The summed E-state index contributed by atoms with van der Waals surface area (Å²) in [4.78, 5) is 8.48. The quantitative estimate of drug-likeness (QED) is 0.804. The summed E-state index contributed by atoms with van der Waals surface area (Å²) in [5.41, 5.74) is 1.16. The first-order chi connectivity index (χ1) is 9.71. The number of nitrogens with zero attached hydrogens (tertiary/aromatic N) is 2. The number of benzene rings is 1. The van der Waals surface area contributed by atoms with Gasteiger partial charge in [0.25, 0.3) is 0 Å². The van der Waals surface area contributed by atoms with Crippen molar-refractivity contribution in [3.63, 3.8) is 0 Å². The second-order valence-electron chi connectivity index (χ2n) is 4.56. The lowest BCUT2D eigenvalue weighted by Crippen LogP contribution is -2.27. The number of aryl methyl sites for hydroxylation is 1. The molecule has 5 heteroatoms. The molecule has 0 aliphatic rings. The summed E-state index contributed by atoms with van der Waals surface area (Å²) in [5.74, 6) is 1.34. The van der Waals surface area contributed by atoms with Gasteiger partial charge < -0.3 is 10.4 Å². The van der Waals surface area contributed by atoms with Crippen LogP contribution in [0.25, 0.3) is 0 Å². The van der Waals surface area contributed by atoms with Gasteiger partial charge in [0.15, 0.2) is 0 Å². The molecule has 1 heterocycles. The number of hydrogen-bond donors (Lipinski definition) is 2. The highest BCUT2D eigenvalue weighted by Crippen LogP contribution is 2.14. The maximum Gasteiger partial charge on any atom is 0.134 e. The number of nitrogens with one attached hydrogen (secondary N) is 1. The number of hydrogen-bond acceptors (Lipinski definition) is 4. The van der Waals surface area contributed by atoms with Crippen LogP contribution in [0.15, 0.2) is 36.4 Å². The van der Waals surface area contributed by atoms with Gasteiger partial charge in [0.2, 0.25) is 0 Å². The summed E-state index contributed by atoms with van der Waals surface area (Å²) < 4.78 is 0. The van der Waals surface area contributed by atoms with Crippen LogP contribution in [0.4, 0.5) is 5.82 Å². The number of aliphatic hydroxyl groups is 1. The number of aromatic nitrogens is 2. The Morgan fingerprint density at radius 2 is 2.00 bits per heavy atom. The third kappa shape index (κ3) is 4.18. The Morgan fingerprint density at radius 3 is 2.65 bits per heavy atom. The summed E-state index contributed by atoms with van der Waals surface area (Å²) in [7, 11) is 0. The molecule has 106 valence electrons. The van der Waals surface area contributed by atoms with Gasteiger partial charge in [-0.3, -0.25) is 0 Å². The van der Waals surface area contributed by atoms with Crippen LogP contribution in [-0.4, -0.2) is 27.7 Å². The van der Waals surface area contributed by atoms with Crippen molar-refractivity contribution in [2.75, 3.05) is 11.9 Å². The molecule has 0 fully saturated rings. The van der Waals surface area contributed by atoms with Crippen molar-refractivity contribution in [2.24, 2.45) is 0 Å². The predicted octanol–water partition coefficient (Wildman–Crippen LogP) is 2.71. The van der Waals surface area contributed by atoms with E-state index in [-0.39, 0.29) is 12.6 Å². The zero-order chi connectivity index (χ0) is 14.4. The predicted molar refractivity (Wildman–Crippen MR) is 81.1 cm³/mol. The molecule has 1 unspecified atom stereocenters. The van der Waals surface area contributed by atoms with Crippen molar-refractivity contribution in [2.45, 2.75) is 25.8 Å². The van der Waals surface area contributed by atoms with Gasteiger partial charge in [0, 0.05) is 12.5 Å². The average molecular weight is 292 g/mol. The van der Waals surface area contributed by atoms with Crippen LogP contribution in [0, 0.1) is 0 Å². The van der Waals surface area contributed by atoms with E-state index >= 15 is 0 Å². The van der Waals surface area contributed by atoms with Crippen LogP contribution in [0.2, 0.25) is 5.15 Å². The molecule has 0 bridgehead atoms. The summed E-state index contributed by atoms with van der Waals surface area (Å²) >= 11 is 5.96. The molecule has 0 aliphatic heterocycles. The molecule has 1 aromatic carbocycles. The maximum atomic E-state index is 9.51. The van der Waals surface area contributed by atoms with Gasteiger partial charge in [0.1, 0.15) is 16.8 Å². The van der Waals surface area contributed by atoms with Gasteiger partial charge in [-0.05, 0) is 12.0 Å². The number of aliphatic hydroxyl groups excluding tert-OH is 1. The van der Waals surface area contributed by atoms with Crippen molar-refractivity contribution < 1.29 is 5.11 Å². The molecule has 1 aromatic heterocycles. The number of rotatable bonds is 6. The summed E-state index contributed by atoms with van der Waals surface area (Å²) in [6.45, 7) is 2.00. The van der Waals surface area contributed by atoms with E-state index in [1.165, 1.54) is 0 Å². The average Bonchev–Trinajstić information content (AvgIpc) is 2.47. The summed E-state index contributed by atoms with van der Waals surface area (Å²) in [6, 6.07) is 11.6. The first kappa shape index (κ1) is 14.8. The molecule has 4 nitrogen and oxygen atoms in total. The first-order valence-electron chi connectivity index (χ1n) is 6.66. The SMILES string of the molecule is CCc1nc(Cl)cc(NC(CO)Cc2ccccc2)n1. The molecule has 20 heavy (non-hydrogen) atoms. The Labute approximate surface area is 123 Å². The van der Waals surface area contributed by atoms with Crippen molar-refractivity contribution in [3.05, 3.63) is 52.9 Å². The Hall–Kier alpha value is -1.65. The minimum Gasteiger partial charge on any atom is -0.394 e. The van der Waals surface area contributed by atoms with Gasteiger partial charge in [-0.1, -0.05) is 48.9 Å². The molecule has 2 aromatic rings. The third-order valence-corrected chi connectivity index (χ3v) is 3.15. The van der Waals surface area contributed by atoms with Crippen LogP contribution >= 0.6 is 11.6 Å². The van der Waals surface area contributed by atoms with E-state index < -0.39 is 0 Å². The molecule has 0 spiro atoms. The third-order valence-electron chi connectivity index (χ3n) is 2.95. The fourth-order valence-corrected chi connectivity index (χ4v) is 2.17. The molecular formula is C15H18ClN3O. The van der Waals surface area contributed by atoms with E-state index in [4.69, 9.17) is 11.6 Å². The highest BCUT2D eigenvalue weighted by atomic mass is 35.5. The lowest BCUT2D eigenvalue weighted by molar-refractivity contribution is 0.273. The topological polar surface area (TPSA) is 58.0 Å². The van der Waals surface area contributed by atoms with Crippen molar-refractivity contribution in [1.82, 2.24) is 9.97 Å². The van der Waals surface area contributed by atoms with Crippen LogP contribution < -0.4 is 5.32 Å². The van der Waals surface area contributed by atoms with Gasteiger partial charge in [0.05, 0.1) is 12.6 Å². The van der Waals surface area contributed by atoms with E-state index in [9.17, 15) is 5.11 Å². The smallest absolute Gasteiger partial charge is 0.134 e. The first-order valence-corrected chi connectivity index (χ1v) is 7.04. The molecule has 0 saturated heterocycles. The van der Waals surface area contributed by atoms with Crippen LogP contribution in [0.5, 0.6) is 0 Å². The molecular weight excluding hydrogens is 274 g/mol. The zero-order valence-corrected chi connectivity index (χ0v) is 12.1. The fraction of sp³-hybridized carbons (Fsp3) is 0.333. The highest BCUT2D eigenvalue weighted by Gasteiger charge is 2.10. The summed E-state index contributed by atoms with van der Waals surface area (Å²) in [5, 5.41) is 13.1. The molecule has 0 amide bonds. The minimum atomic E-state index is -0.104. The molecule has 0 radical (unpaired) electrons. The van der Waals surface area contributed by atoms with Gasteiger partial charge in [-0.2, -0.15) is 0 Å². The Kier molecular flexibility index (Phi) is 5.32. The van der Waals surface area contributed by atoms with E-state index in [2.05, 4.69) is 15.3 Å². The van der Waals surface area contributed by atoms with Crippen molar-refractivity contribution in [3.8, 4) is 0 Å². The Balaban J connectivity index is 2.08. The standard InChI is InChI=1S/C15H18ClN3O/c1-2-14-18-13(16)9-15(19-14)17-12(10-20)8-11-6-4-3-5-7-11/h3-7,9,12,20H,2,8,10H2,1H3,(H,17,18,19). The second kappa shape index (κ2) is 7.22. The van der Waals surface area contributed by atoms with Gasteiger partial charge in [-0.25, -0.2) is 9.97 Å². The second-order valence-corrected chi connectivity index (χ2v) is 4.95. The van der Waals surface area contributed by atoms with Crippen LogP contribution in [0.3, 0.4) is 0 Å². The van der Waals surface area contributed by atoms with Gasteiger partial charge in [-0.15, -0.1) is 0 Å². The van der Waals surface area contributed by atoms with Crippen molar-refractivity contribution >= 4 is 17.4 Å². The monoisotopic (exact) mass is 291 g/mol. The highest BCUT2D eigenvalue weighted by molar-refractivity contribution is 6.29. The van der Waals surface area contributed by atoms with Crippen LogP contribution in [-0.2, 0) is 12.8 Å². The van der Waals surface area contributed by atoms with E-state index in [1.54, 1.807) is 6.07 Å². The van der Waals surface area contributed by atoms with Crippen LogP contribution in [0.1, 0.15) is 18.3 Å². The Bertz CT molecular complexity index is 548. The molecule has 2 N–H and O–H groups in total. The molecule has 2 rings (SSSR count). The number of anilines is 1. The largest absolute Gasteiger partial charge is 0.394 e. The maximum absolute atomic E-state index is 9.51. The van der Waals surface area contributed by atoms with Crippen molar-refractivity contribution in [1.29, 1.82) is 0 Å². The molecule has 1 atom stereocenters. The Morgan fingerprint density at radius 1 is 1.25 bits per heavy atom. The fourth-order valence-electron chi connectivity index (χ4n) is 1.97. The van der Waals surface area contributed by atoms with E-state index in [1.807, 2.05) is 37.3 Å². The van der Waals surface area contributed by atoms with E-state index in [0.29, 0.717) is 16.8 Å². The number of halogens is 1.